The Hall–Kier alpha value is -3.09. The van der Waals surface area contributed by atoms with Gasteiger partial charge < -0.3 is 9.88 Å². The number of nitriles is 1. The molecule has 5 heterocycles. The van der Waals surface area contributed by atoms with Gasteiger partial charge >= 0.3 is 6.18 Å². The Labute approximate surface area is 280 Å². The minimum Gasteiger partial charge on any atom is -0.367 e. The summed E-state index contributed by atoms with van der Waals surface area (Å²) in [6, 6.07) is 11.0. The number of hydrogen-bond acceptors (Lipinski definition) is 8. The molecule has 3 atom stereocenters. The summed E-state index contributed by atoms with van der Waals surface area (Å²) in [7, 11) is -0.982. The lowest BCUT2D eigenvalue weighted by atomic mass is 10.0. The van der Waals surface area contributed by atoms with Gasteiger partial charge in [-0.3, -0.25) is 9.80 Å². The fourth-order valence-electron chi connectivity index (χ4n) is 7.07. The van der Waals surface area contributed by atoms with E-state index in [4.69, 9.17) is 0 Å². The molecule has 0 spiro atoms. The summed E-state index contributed by atoms with van der Waals surface area (Å²) in [6.45, 7) is 12.2. The van der Waals surface area contributed by atoms with Crippen molar-refractivity contribution in [1.29, 1.82) is 5.26 Å². The van der Waals surface area contributed by atoms with Crippen molar-refractivity contribution in [2.24, 2.45) is 0 Å². The molecule has 0 amide bonds. The van der Waals surface area contributed by atoms with Gasteiger partial charge in [0.25, 0.3) is 0 Å². The summed E-state index contributed by atoms with van der Waals surface area (Å²) in [4.78, 5) is 14.2. The summed E-state index contributed by atoms with van der Waals surface area (Å²) in [5, 5.41) is 15.2. The van der Waals surface area contributed by atoms with E-state index in [1.807, 2.05) is 6.07 Å². The number of aryl methyl sites for hydroxylation is 1. The largest absolute Gasteiger partial charge is 0.393 e. The molecule has 6 rings (SSSR count). The van der Waals surface area contributed by atoms with E-state index in [0.717, 1.165) is 74.3 Å². The highest BCUT2D eigenvalue weighted by Crippen LogP contribution is 2.33. The third kappa shape index (κ3) is 7.49. The van der Waals surface area contributed by atoms with Crippen LogP contribution in [-0.4, -0.2) is 96.1 Å². The van der Waals surface area contributed by atoms with Gasteiger partial charge in [0.05, 0.1) is 22.8 Å². The number of nitrogens with zero attached hydrogens (tertiary/aromatic N) is 7. The molecule has 2 fully saturated rings. The molecule has 9 nitrogen and oxygen atoms in total. The minimum atomic E-state index is -4.26. The number of nitrogens with one attached hydrogen (secondary N) is 1. The molecule has 2 aliphatic rings. The number of halogens is 3. The smallest absolute Gasteiger partial charge is 0.367 e. The standard InChI is InChI=1S/C33H41F3N8OS2/c1-21-18-44(47(4)45)22(2)17-42(21)11-12-43-26(16-37)13-28-23(3)24(5-6-30(28)43)19-41-9-7-25(8-10-41)40-31-29-14-27(15-33(34,35)36)46-32(29)39-20-38-31/h5-6,13-14,20-22,25H,7-12,15,17-19H2,1-4H3,(H,38,39,40). The number of benzene rings is 1. The zero-order valence-electron chi connectivity index (χ0n) is 27.2. The second kappa shape index (κ2) is 13.8. The number of aromatic nitrogens is 3. The quantitative estimate of drug-likeness (QED) is 0.242. The lowest BCUT2D eigenvalue weighted by molar-refractivity contribution is -0.126. The molecule has 3 aromatic heterocycles. The SMILES string of the molecule is Cc1c(CN2CCC(Nc3ncnc4sc(CC(F)(F)F)cc34)CC2)ccc2c1cc(C#N)n2CCN1CC(C)N(S(C)=O)CC1C. The average Bonchev–Trinajstić information content (AvgIpc) is 3.60. The van der Waals surface area contributed by atoms with Gasteiger partial charge in [-0.25, -0.2) is 18.5 Å². The maximum atomic E-state index is 12.9. The van der Waals surface area contributed by atoms with Gasteiger partial charge in [0.1, 0.15) is 28.7 Å². The van der Waals surface area contributed by atoms with Crippen LogP contribution < -0.4 is 5.32 Å². The first-order valence-electron chi connectivity index (χ1n) is 16.0. The van der Waals surface area contributed by atoms with Crippen molar-refractivity contribution in [2.75, 3.05) is 44.3 Å². The van der Waals surface area contributed by atoms with Crippen molar-refractivity contribution in [1.82, 2.24) is 28.6 Å². The fourth-order valence-corrected chi connectivity index (χ4v) is 9.09. The Morgan fingerprint density at radius 3 is 2.55 bits per heavy atom. The van der Waals surface area contributed by atoms with Crippen LogP contribution in [0, 0.1) is 18.3 Å². The first-order valence-corrected chi connectivity index (χ1v) is 18.4. The molecule has 0 radical (unpaired) electrons. The molecular formula is C33H41F3N8OS2. The number of thiophene rings is 1. The van der Waals surface area contributed by atoms with Crippen molar-refractivity contribution < 1.29 is 17.4 Å². The summed E-state index contributed by atoms with van der Waals surface area (Å²) in [5.41, 5.74) is 4.16. The molecule has 14 heteroatoms. The lowest BCUT2D eigenvalue weighted by Gasteiger charge is -2.42. The number of piperidine rings is 1. The normalized spacial score (nSPS) is 21.4. The van der Waals surface area contributed by atoms with Gasteiger partial charge in [0.15, 0.2) is 0 Å². The number of rotatable bonds is 9. The molecule has 1 N–H and O–H groups in total. The number of anilines is 1. The van der Waals surface area contributed by atoms with Crippen LogP contribution in [0.25, 0.3) is 21.1 Å². The van der Waals surface area contributed by atoms with Gasteiger partial charge in [-0.2, -0.15) is 18.4 Å². The van der Waals surface area contributed by atoms with Crippen LogP contribution in [0.3, 0.4) is 0 Å². The van der Waals surface area contributed by atoms with E-state index in [1.54, 1.807) is 12.3 Å². The number of hydrogen-bond donors (Lipinski definition) is 1. The second-order valence-corrected chi connectivity index (χ2v) is 15.4. The molecule has 252 valence electrons. The third-order valence-corrected chi connectivity index (χ3v) is 11.9. The predicted octanol–water partition coefficient (Wildman–Crippen LogP) is 5.70. The molecule has 3 unspecified atom stereocenters. The molecule has 47 heavy (non-hydrogen) atoms. The van der Waals surface area contributed by atoms with Crippen LogP contribution in [0.4, 0.5) is 19.0 Å². The van der Waals surface area contributed by atoms with Gasteiger partial charge in [-0.15, -0.1) is 11.3 Å². The van der Waals surface area contributed by atoms with Crippen molar-refractivity contribution >= 4 is 49.3 Å². The average molecular weight is 687 g/mol. The first kappa shape index (κ1) is 33.8. The van der Waals surface area contributed by atoms with Crippen LogP contribution in [-0.2, 0) is 30.5 Å². The van der Waals surface area contributed by atoms with E-state index in [9.17, 15) is 22.6 Å². The summed E-state index contributed by atoms with van der Waals surface area (Å²) < 4.78 is 55.1. The lowest BCUT2D eigenvalue weighted by Crippen LogP contribution is -2.56. The van der Waals surface area contributed by atoms with Crippen molar-refractivity contribution in [2.45, 2.75) is 77.4 Å². The molecule has 0 aliphatic carbocycles. The molecule has 1 aromatic carbocycles. The van der Waals surface area contributed by atoms with Crippen LogP contribution in [0.15, 0.2) is 30.6 Å². The van der Waals surface area contributed by atoms with Gasteiger partial charge in [-0.1, -0.05) is 6.07 Å². The van der Waals surface area contributed by atoms with Crippen molar-refractivity contribution in [3.8, 4) is 6.07 Å². The Morgan fingerprint density at radius 1 is 1.09 bits per heavy atom. The van der Waals surface area contributed by atoms with Crippen molar-refractivity contribution in [3.05, 3.63) is 52.3 Å². The highest BCUT2D eigenvalue weighted by Gasteiger charge is 2.31. The van der Waals surface area contributed by atoms with E-state index in [0.29, 0.717) is 28.3 Å². The van der Waals surface area contributed by atoms with E-state index in [1.165, 1.54) is 17.5 Å². The molecule has 2 aliphatic heterocycles. The molecule has 4 aromatic rings. The van der Waals surface area contributed by atoms with E-state index >= 15 is 0 Å². The second-order valence-electron chi connectivity index (χ2n) is 12.9. The molecule has 2 saturated heterocycles. The van der Waals surface area contributed by atoms with E-state index < -0.39 is 23.6 Å². The zero-order chi connectivity index (χ0) is 33.5. The monoisotopic (exact) mass is 686 g/mol. The number of likely N-dealkylation sites (tertiary alicyclic amines) is 1. The molecular weight excluding hydrogens is 646 g/mol. The Kier molecular flexibility index (Phi) is 9.92. The number of piperazine rings is 1. The van der Waals surface area contributed by atoms with Gasteiger partial charge in [0.2, 0.25) is 0 Å². The fraction of sp³-hybridized carbons (Fsp3) is 0.545. The van der Waals surface area contributed by atoms with Crippen LogP contribution in [0.2, 0.25) is 0 Å². The summed E-state index contributed by atoms with van der Waals surface area (Å²) in [5.74, 6) is 0.598. The first-order chi connectivity index (χ1) is 22.4. The van der Waals surface area contributed by atoms with Crippen molar-refractivity contribution in [3.63, 3.8) is 0 Å². The number of fused-ring (bicyclic) bond motifs is 2. The van der Waals surface area contributed by atoms with Gasteiger partial charge in [0, 0.05) is 86.0 Å². The zero-order valence-corrected chi connectivity index (χ0v) is 28.8. The minimum absolute atomic E-state index is 0.170. The Balaban J connectivity index is 1.08. The third-order valence-electron chi connectivity index (χ3n) is 9.66. The maximum absolute atomic E-state index is 12.9. The van der Waals surface area contributed by atoms with E-state index in [-0.39, 0.29) is 23.0 Å². The molecule has 0 saturated carbocycles. The van der Waals surface area contributed by atoms with Crippen LogP contribution >= 0.6 is 11.3 Å². The summed E-state index contributed by atoms with van der Waals surface area (Å²) >= 11 is 1.07. The van der Waals surface area contributed by atoms with E-state index in [2.05, 4.69) is 72.9 Å². The van der Waals surface area contributed by atoms with Crippen LogP contribution in [0.1, 0.15) is 48.4 Å². The maximum Gasteiger partial charge on any atom is 0.393 e. The highest BCUT2D eigenvalue weighted by molar-refractivity contribution is 7.81. The Morgan fingerprint density at radius 2 is 1.85 bits per heavy atom. The Bertz CT molecular complexity index is 1810. The highest BCUT2D eigenvalue weighted by atomic mass is 32.2. The summed E-state index contributed by atoms with van der Waals surface area (Å²) in [6.07, 6.45) is -0.280. The topological polar surface area (TPSA) is 93.3 Å². The molecule has 0 bridgehead atoms. The number of alkyl halides is 3. The van der Waals surface area contributed by atoms with Gasteiger partial charge in [-0.05, 0) is 62.9 Å². The predicted molar refractivity (Wildman–Crippen MR) is 182 cm³/mol. The van der Waals surface area contributed by atoms with Crippen LogP contribution in [0.5, 0.6) is 0 Å².